The lowest BCUT2D eigenvalue weighted by Crippen LogP contribution is -1.92. The highest BCUT2D eigenvalue weighted by molar-refractivity contribution is 6.31. The first-order chi connectivity index (χ1) is 11.0. The van der Waals surface area contributed by atoms with Crippen LogP contribution in [0.4, 0.5) is 8.78 Å². The minimum atomic E-state index is -0.750. The van der Waals surface area contributed by atoms with Crippen LogP contribution in [0.1, 0.15) is 0 Å². The van der Waals surface area contributed by atoms with Gasteiger partial charge in [0.05, 0.1) is 10.7 Å². The van der Waals surface area contributed by atoms with Crippen LogP contribution in [0, 0.1) is 11.6 Å². The summed E-state index contributed by atoms with van der Waals surface area (Å²) >= 11 is 5.77. The molecule has 0 atom stereocenters. The van der Waals surface area contributed by atoms with Gasteiger partial charge < -0.3 is 9.84 Å². The molecule has 2 aromatic carbocycles. The van der Waals surface area contributed by atoms with Gasteiger partial charge in [0.2, 0.25) is 5.88 Å². The quantitative estimate of drug-likeness (QED) is 0.718. The highest BCUT2D eigenvalue weighted by Crippen LogP contribution is 2.30. The normalized spacial score (nSPS) is 10.6. The Bertz CT molecular complexity index is 871. The third kappa shape index (κ3) is 3.24. The number of nitrogens with zero attached hydrogens (tertiary/aromatic N) is 1. The van der Waals surface area contributed by atoms with Crippen molar-refractivity contribution in [3.8, 4) is 28.6 Å². The SMILES string of the molecule is Oc1cc(Oc2cccc(-c3cccc(Cl)c3F)n2)ccc1F. The van der Waals surface area contributed by atoms with Crippen molar-refractivity contribution in [1.82, 2.24) is 4.98 Å². The molecule has 0 aliphatic carbocycles. The van der Waals surface area contributed by atoms with Gasteiger partial charge in [0, 0.05) is 17.7 Å². The average Bonchev–Trinajstić information content (AvgIpc) is 2.54. The van der Waals surface area contributed by atoms with E-state index in [1.165, 1.54) is 12.1 Å². The van der Waals surface area contributed by atoms with Crippen LogP contribution in [0.2, 0.25) is 5.02 Å². The molecule has 1 aromatic heterocycles. The molecule has 3 nitrogen and oxygen atoms in total. The number of halogens is 3. The summed E-state index contributed by atoms with van der Waals surface area (Å²) in [5.74, 6) is -1.47. The van der Waals surface area contributed by atoms with Gasteiger partial charge in [0.25, 0.3) is 0 Å². The summed E-state index contributed by atoms with van der Waals surface area (Å²) in [7, 11) is 0. The Morgan fingerprint density at radius 1 is 1.00 bits per heavy atom. The highest BCUT2D eigenvalue weighted by atomic mass is 35.5. The van der Waals surface area contributed by atoms with Gasteiger partial charge in [-0.25, -0.2) is 13.8 Å². The second kappa shape index (κ2) is 6.22. The first-order valence-corrected chi connectivity index (χ1v) is 7.00. The molecule has 1 heterocycles. The molecule has 0 spiro atoms. The Balaban J connectivity index is 1.93. The van der Waals surface area contributed by atoms with Crippen molar-refractivity contribution in [2.75, 3.05) is 0 Å². The van der Waals surface area contributed by atoms with E-state index in [1.807, 2.05) is 0 Å². The Kier molecular flexibility index (Phi) is 4.12. The maximum Gasteiger partial charge on any atom is 0.219 e. The Morgan fingerprint density at radius 2 is 1.78 bits per heavy atom. The Labute approximate surface area is 135 Å². The van der Waals surface area contributed by atoms with E-state index in [1.54, 1.807) is 30.3 Å². The van der Waals surface area contributed by atoms with Gasteiger partial charge in [-0.15, -0.1) is 0 Å². The Morgan fingerprint density at radius 3 is 2.57 bits per heavy atom. The van der Waals surface area contributed by atoms with Crippen LogP contribution in [0.15, 0.2) is 54.6 Å². The number of benzene rings is 2. The van der Waals surface area contributed by atoms with E-state index in [-0.39, 0.29) is 22.2 Å². The third-order valence-corrected chi connectivity index (χ3v) is 3.38. The largest absolute Gasteiger partial charge is 0.505 e. The second-order valence-corrected chi connectivity index (χ2v) is 5.08. The van der Waals surface area contributed by atoms with Crippen LogP contribution in [0.25, 0.3) is 11.3 Å². The van der Waals surface area contributed by atoms with E-state index in [0.29, 0.717) is 5.69 Å². The zero-order valence-electron chi connectivity index (χ0n) is 11.6. The number of phenolic OH excluding ortho intramolecular Hbond substituents is 1. The van der Waals surface area contributed by atoms with E-state index in [9.17, 15) is 13.9 Å². The molecule has 0 radical (unpaired) electrons. The molecule has 6 heteroatoms. The fourth-order valence-electron chi connectivity index (χ4n) is 2.00. The van der Waals surface area contributed by atoms with E-state index in [2.05, 4.69) is 4.98 Å². The predicted molar refractivity (Wildman–Crippen MR) is 82.8 cm³/mol. The molecular weight excluding hydrogens is 324 g/mol. The van der Waals surface area contributed by atoms with Crippen molar-refractivity contribution in [3.05, 3.63) is 71.3 Å². The number of ether oxygens (including phenoxy) is 1. The van der Waals surface area contributed by atoms with Crippen LogP contribution in [0.5, 0.6) is 17.4 Å². The number of hydrogen-bond donors (Lipinski definition) is 1. The van der Waals surface area contributed by atoms with E-state index >= 15 is 0 Å². The smallest absolute Gasteiger partial charge is 0.219 e. The molecule has 0 aliphatic rings. The Hall–Kier alpha value is -2.66. The molecule has 3 rings (SSSR count). The standard InChI is InChI=1S/C17H10ClF2NO2/c18-12-4-1-3-11(17(12)20)14-5-2-6-16(21-14)23-10-7-8-13(19)15(22)9-10/h1-9,22H. The zero-order valence-corrected chi connectivity index (χ0v) is 12.4. The molecule has 0 unspecified atom stereocenters. The molecule has 0 fully saturated rings. The molecule has 0 aliphatic heterocycles. The minimum Gasteiger partial charge on any atom is -0.505 e. The van der Waals surface area contributed by atoms with E-state index in [4.69, 9.17) is 16.3 Å². The summed E-state index contributed by atoms with van der Waals surface area (Å²) in [6.45, 7) is 0. The maximum atomic E-state index is 14.1. The van der Waals surface area contributed by atoms with Crippen LogP contribution in [0.3, 0.4) is 0 Å². The fraction of sp³-hybridized carbons (Fsp3) is 0. The molecular formula is C17H10ClF2NO2. The van der Waals surface area contributed by atoms with Crippen molar-refractivity contribution in [2.45, 2.75) is 0 Å². The minimum absolute atomic E-state index is 0.000853. The van der Waals surface area contributed by atoms with Crippen molar-refractivity contribution in [2.24, 2.45) is 0 Å². The summed E-state index contributed by atoms with van der Waals surface area (Å²) in [5, 5.41) is 9.34. The lowest BCUT2D eigenvalue weighted by atomic mass is 10.1. The van der Waals surface area contributed by atoms with Gasteiger partial charge in [0.1, 0.15) is 5.75 Å². The molecule has 0 bridgehead atoms. The summed E-state index contributed by atoms with van der Waals surface area (Å²) < 4.78 is 32.5. The van der Waals surface area contributed by atoms with E-state index in [0.717, 1.165) is 12.1 Å². The number of aromatic nitrogens is 1. The number of phenols is 1. The summed E-state index contributed by atoms with van der Waals surface area (Å²) in [6, 6.07) is 13.0. The first kappa shape index (κ1) is 15.2. The maximum absolute atomic E-state index is 14.1. The zero-order chi connectivity index (χ0) is 16.4. The van der Waals surface area contributed by atoms with Crippen molar-refractivity contribution in [3.63, 3.8) is 0 Å². The third-order valence-electron chi connectivity index (χ3n) is 3.09. The first-order valence-electron chi connectivity index (χ1n) is 6.62. The van der Waals surface area contributed by atoms with Crippen LogP contribution in [-0.4, -0.2) is 10.1 Å². The summed E-state index contributed by atoms with van der Waals surface area (Å²) in [6.07, 6.45) is 0. The van der Waals surface area contributed by atoms with Crippen LogP contribution < -0.4 is 4.74 Å². The molecule has 0 saturated heterocycles. The van der Waals surface area contributed by atoms with E-state index < -0.39 is 17.4 Å². The summed E-state index contributed by atoms with van der Waals surface area (Å²) in [4.78, 5) is 4.20. The van der Waals surface area contributed by atoms with Gasteiger partial charge in [0.15, 0.2) is 17.4 Å². The van der Waals surface area contributed by atoms with Crippen molar-refractivity contribution >= 4 is 11.6 Å². The molecule has 3 aromatic rings. The topological polar surface area (TPSA) is 42.4 Å². The number of rotatable bonds is 3. The predicted octanol–water partition coefficient (Wildman–Crippen LogP) is 5.18. The summed E-state index contributed by atoms with van der Waals surface area (Å²) in [5.41, 5.74) is 0.582. The molecule has 0 amide bonds. The number of aromatic hydroxyl groups is 1. The molecule has 1 N–H and O–H groups in total. The van der Waals surface area contributed by atoms with Gasteiger partial charge in [-0.3, -0.25) is 0 Å². The number of hydrogen-bond acceptors (Lipinski definition) is 3. The molecule has 116 valence electrons. The van der Waals surface area contributed by atoms with Gasteiger partial charge >= 0.3 is 0 Å². The highest BCUT2D eigenvalue weighted by Gasteiger charge is 2.11. The van der Waals surface area contributed by atoms with Gasteiger partial charge in [-0.2, -0.15) is 0 Å². The van der Waals surface area contributed by atoms with Crippen LogP contribution in [-0.2, 0) is 0 Å². The average molecular weight is 334 g/mol. The lowest BCUT2D eigenvalue weighted by Gasteiger charge is -2.08. The molecule has 0 saturated carbocycles. The van der Waals surface area contributed by atoms with Gasteiger partial charge in [-0.05, 0) is 30.3 Å². The van der Waals surface area contributed by atoms with Crippen LogP contribution >= 0.6 is 11.6 Å². The monoisotopic (exact) mass is 333 g/mol. The second-order valence-electron chi connectivity index (χ2n) is 4.68. The molecule has 23 heavy (non-hydrogen) atoms. The van der Waals surface area contributed by atoms with Gasteiger partial charge in [-0.1, -0.05) is 23.7 Å². The lowest BCUT2D eigenvalue weighted by molar-refractivity contribution is 0.418. The number of pyridine rings is 1. The van der Waals surface area contributed by atoms with Crippen molar-refractivity contribution < 1.29 is 18.6 Å². The fourth-order valence-corrected chi connectivity index (χ4v) is 2.17. The van der Waals surface area contributed by atoms with Crippen molar-refractivity contribution in [1.29, 1.82) is 0 Å².